The Morgan fingerprint density at radius 1 is 1.14 bits per heavy atom. The van der Waals surface area contributed by atoms with Crippen LogP contribution in [0.25, 0.3) is 11.3 Å². The van der Waals surface area contributed by atoms with Crippen molar-refractivity contribution < 1.29 is 9.18 Å². The van der Waals surface area contributed by atoms with Gasteiger partial charge in [0.2, 0.25) is 0 Å². The Hall–Kier alpha value is -1.74. The predicted octanol–water partition coefficient (Wildman–Crippen LogP) is 5.01. The Morgan fingerprint density at radius 2 is 1.91 bits per heavy atom. The second-order valence-corrected chi connectivity index (χ2v) is 6.26. The van der Waals surface area contributed by atoms with E-state index in [1.165, 1.54) is 11.6 Å². The number of benzene rings is 1. The summed E-state index contributed by atoms with van der Waals surface area (Å²) in [5.74, 6) is 0.262. The molecule has 1 aromatic heterocycles. The van der Waals surface area contributed by atoms with Gasteiger partial charge in [-0.15, -0.1) is 0 Å². The van der Waals surface area contributed by atoms with E-state index in [9.17, 15) is 9.18 Å². The molecule has 1 aromatic carbocycles. The van der Waals surface area contributed by atoms with E-state index in [2.05, 4.69) is 11.1 Å². The van der Waals surface area contributed by atoms with Gasteiger partial charge in [0.15, 0.2) is 0 Å². The molecule has 0 N–H and O–H groups in total. The van der Waals surface area contributed by atoms with E-state index in [0.717, 1.165) is 43.2 Å². The Morgan fingerprint density at radius 3 is 2.50 bits per heavy atom. The lowest BCUT2D eigenvalue weighted by molar-refractivity contribution is -0.111. The number of hydrogen-bond donors (Lipinski definition) is 0. The summed E-state index contributed by atoms with van der Waals surface area (Å²) in [7, 11) is 0. The number of aldehydes is 1. The van der Waals surface area contributed by atoms with Crippen LogP contribution in [0.3, 0.4) is 0 Å². The Bertz CT molecular complexity index is 663. The fourth-order valence-corrected chi connectivity index (χ4v) is 3.18. The first kappa shape index (κ1) is 15.2. The summed E-state index contributed by atoms with van der Waals surface area (Å²) in [5.41, 5.74) is 2.65. The quantitative estimate of drug-likeness (QED) is 0.744. The predicted molar refractivity (Wildman–Crippen MR) is 85.4 cm³/mol. The topological polar surface area (TPSA) is 30.0 Å². The average molecular weight is 318 g/mol. The highest BCUT2D eigenvalue weighted by Crippen LogP contribution is 2.35. The van der Waals surface area contributed by atoms with Crippen LogP contribution in [0.1, 0.15) is 37.2 Å². The highest BCUT2D eigenvalue weighted by Gasteiger charge is 2.22. The smallest absolute Gasteiger partial charge is 0.142 e. The zero-order chi connectivity index (χ0) is 15.5. The van der Waals surface area contributed by atoms with Crippen LogP contribution in [0.4, 0.5) is 4.39 Å². The summed E-state index contributed by atoms with van der Waals surface area (Å²) >= 11 is 5.70. The van der Waals surface area contributed by atoms with Gasteiger partial charge < -0.3 is 4.79 Å². The zero-order valence-corrected chi connectivity index (χ0v) is 12.9. The molecule has 0 saturated heterocycles. The average Bonchev–Trinajstić information content (AvgIpc) is 2.58. The van der Waals surface area contributed by atoms with Gasteiger partial charge in [-0.3, -0.25) is 4.98 Å². The van der Waals surface area contributed by atoms with Gasteiger partial charge in [-0.05, 0) is 55.4 Å². The van der Waals surface area contributed by atoms with Crippen molar-refractivity contribution in [1.29, 1.82) is 0 Å². The van der Waals surface area contributed by atoms with E-state index in [1.807, 2.05) is 12.3 Å². The monoisotopic (exact) mass is 317 g/mol. The van der Waals surface area contributed by atoms with Crippen molar-refractivity contribution in [2.45, 2.75) is 31.6 Å². The third-order valence-corrected chi connectivity index (χ3v) is 4.74. The molecule has 1 aliphatic rings. The number of pyridine rings is 1. The van der Waals surface area contributed by atoms with Crippen LogP contribution in [0.2, 0.25) is 5.02 Å². The van der Waals surface area contributed by atoms with E-state index in [4.69, 9.17) is 11.6 Å². The van der Waals surface area contributed by atoms with Crippen LogP contribution in [-0.4, -0.2) is 11.3 Å². The number of nitrogens with zero attached hydrogens (tertiary/aromatic N) is 1. The maximum Gasteiger partial charge on any atom is 0.142 e. The summed E-state index contributed by atoms with van der Waals surface area (Å²) in [6.07, 6.45) is 6.91. The molecule has 0 unspecified atom stereocenters. The molecular weight excluding hydrogens is 301 g/mol. The Balaban J connectivity index is 1.75. The molecule has 1 aliphatic carbocycles. The van der Waals surface area contributed by atoms with Crippen molar-refractivity contribution in [3.05, 3.63) is 52.9 Å². The second-order valence-electron chi connectivity index (χ2n) is 5.85. The lowest BCUT2D eigenvalue weighted by atomic mass is 9.79. The third-order valence-electron chi connectivity index (χ3n) is 4.44. The number of rotatable bonds is 3. The van der Waals surface area contributed by atoms with Crippen molar-refractivity contribution >= 4 is 17.9 Å². The fraction of sp³-hybridized carbons (Fsp3) is 0.333. The summed E-state index contributed by atoms with van der Waals surface area (Å²) in [5, 5.41) is 0.118. The molecular formula is C18H17ClFNO. The number of aromatic nitrogens is 1. The highest BCUT2D eigenvalue weighted by atomic mass is 35.5. The summed E-state index contributed by atoms with van der Waals surface area (Å²) in [6.45, 7) is 0. The molecule has 1 fully saturated rings. The molecule has 1 saturated carbocycles. The summed E-state index contributed by atoms with van der Waals surface area (Å²) < 4.78 is 13.5. The molecule has 2 aromatic rings. The number of halogens is 2. The van der Waals surface area contributed by atoms with Gasteiger partial charge in [-0.2, -0.15) is 0 Å². The molecule has 114 valence electrons. The van der Waals surface area contributed by atoms with E-state index >= 15 is 0 Å². The van der Waals surface area contributed by atoms with Crippen molar-refractivity contribution in [1.82, 2.24) is 4.98 Å². The molecule has 0 spiro atoms. The van der Waals surface area contributed by atoms with E-state index in [-0.39, 0.29) is 10.9 Å². The van der Waals surface area contributed by atoms with Gasteiger partial charge in [-0.1, -0.05) is 23.7 Å². The van der Waals surface area contributed by atoms with E-state index in [1.54, 1.807) is 12.1 Å². The maximum absolute atomic E-state index is 13.5. The van der Waals surface area contributed by atoms with E-state index < -0.39 is 5.82 Å². The normalized spacial score (nSPS) is 21.5. The summed E-state index contributed by atoms with van der Waals surface area (Å²) in [6, 6.07) is 8.69. The summed E-state index contributed by atoms with van der Waals surface area (Å²) in [4.78, 5) is 15.3. The molecule has 4 heteroatoms. The molecule has 0 aliphatic heterocycles. The van der Waals surface area contributed by atoms with Crippen LogP contribution >= 0.6 is 11.6 Å². The first-order chi connectivity index (χ1) is 10.7. The fourth-order valence-electron chi connectivity index (χ4n) is 3.06. The van der Waals surface area contributed by atoms with Crippen LogP contribution in [0.15, 0.2) is 36.5 Å². The third kappa shape index (κ3) is 3.20. The lowest BCUT2D eigenvalue weighted by Gasteiger charge is -2.25. The minimum absolute atomic E-state index is 0.118. The first-order valence-corrected chi connectivity index (χ1v) is 7.92. The van der Waals surface area contributed by atoms with Gasteiger partial charge in [0, 0.05) is 17.7 Å². The van der Waals surface area contributed by atoms with Gasteiger partial charge in [0.25, 0.3) is 0 Å². The van der Waals surface area contributed by atoms with Gasteiger partial charge >= 0.3 is 0 Å². The highest BCUT2D eigenvalue weighted by molar-refractivity contribution is 6.30. The molecule has 0 bridgehead atoms. The molecule has 0 atom stereocenters. The maximum atomic E-state index is 13.5. The van der Waals surface area contributed by atoms with Crippen molar-refractivity contribution in [2.24, 2.45) is 5.92 Å². The standard InChI is InChI=1S/C18H17ClFNO/c19-16-7-5-14(9-17(16)20)18-8-6-15(10-21-18)13-3-1-12(11-22)2-4-13/h5-13H,1-4H2/t12-,13-. The molecule has 3 rings (SSSR count). The van der Waals surface area contributed by atoms with Crippen LogP contribution < -0.4 is 0 Å². The first-order valence-electron chi connectivity index (χ1n) is 7.54. The minimum atomic E-state index is -0.433. The Kier molecular flexibility index (Phi) is 4.53. The van der Waals surface area contributed by atoms with Crippen molar-refractivity contribution in [2.75, 3.05) is 0 Å². The van der Waals surface area contributed by atoms with E-state index in [0.29, 0.717) is 5.92 Å². The molecule has 2 nitrogen and oxygen atoms in total. The molecule has 22 heavy (non-hydrogen) atoms. The molecule has 0 radical (unpaired) electrons. The minimum Gasteiger partial charge on any atom is -0.303 e. The molecule has 1 heterocycles. The SMILES string of the molecule is O=C[C@H]1CC[C@H](c2ccc(-c3ccc(Cl)c(F)c3)nc2)CC1. The van der Waals surface area contributed by atoms with Crippen LogP contribution in [0.5, 0.6) is 0 Å². The van der Waals surface area contributed by atoms with Crippen LogP contribution in [0, 0.1) is 11.7 Å². The number of hydrogen-bond acceptors (Lipinski definition) is 2. The van der Waals surface area contributed by atoms with Gasteiger partial charge in [0.05, 0.1) is 10.7 Å². The van der Waals surface area contributed by atoms with Crippen molar-refractivity contribution in [3.63, 3.8) is 0 Å². The number of carbonyl (C=O) groups excluding carboxylic acids is 1. The Labute approximate surface area is 134 Å². The van der Waals surface area contributed by atoms with Gasteiger partial charge in [-0.25, -0.2) is 4.39 Å². The largest absolute Gasteiger partial charge is 0.303 e. The molecule has 0 amide bonds. The number of carbonyl (C=O) groups is 1. The van der Waals surface area contributed by atoms with Crippen molar-refractivity contribution in [3.8, 4) is 11.3 Å². The van der Waals surface area contributed by atoms with Crippen LogP contribution in [-0.2, 0) is 4.79 Å². The van der Waals surface area contributed by atoms with Gasteiger partial charge in [0.1, 0.15) is 12.1 Å². The lowest BCUT2D eigenvalue weighted by Crippen LogP contribution is -2.14. The second kappa shape index (κ2) is 6.57. The zero-order valence-electron chi connectivity index (χ0n) is 12.1.